The van der Waals surface area contributed by atoms with E-state index in [4.69, 9.17) is 4.74 Å². The second kappa shape index (κ2) is 9.70. The van der Waals surface area contributed by atoms with Gasteiger partial charge in [0.1, 0.15) is 17.8 Å². The SMILES string of the molecule is C=CC(Nc1nc2c(OCC(F)(F)F)ccc(C(F)(F)F)n2n1)C1CCN(c2cc(OC)ncn2)C1. The van der Waals surface area contributed by atoms with E-state index in [0.717, 1.165) is 6.07 Å². The third-order valence-electron chi connectivity index (χ3n) is 5.57. The number of nitrogens with zero attached hydrogens (tertiary/aromatic N) is 6. The third kappa shape index (κ3) is 5.54. The lowest BCUT2D eigenvalue weighted by Crippen LogP contribution is -2.30. The Balaban J connectivity index is 1.57. The van der Waals surface area contributed by atoms with Crippen LogP contribution in [0.1, 0.15) is 12.1 Å². The Labute approximate surface area is 200 Å². The van der Waals surface area contributed by atoms with Gasteiger partial charge in [-0.1, -0.05) is 6.08 Å². The molecule has 1 N–H and O–H groups in total. The highest BCUT2D eigenvalue weighted by molar-refractivity contribution is 5.57. The summed E-state index contributed by atoms with van der Waals surface area (Å²) in [5.41, 5.74) is -1.71. The topological polar surface area (TPSA) is 89.7 Å². The summed E-state index contributed by atoms with van der Waals surface area (Å²) >= 11 is 0. The molecule has 4 rings (SSSR count). The molecule has 1 saturated heterocycles. The van der Waals surface area contributed by atoms with Crippen LogP contribution in [0.5, 0.6) is 11.6 Å². The normalized spacial score (nSPS) is 17.3. The molecule has 3 aromatic heterocycles. The number of pyridine rings is 1. The maximum atomic E-state index is 13.5. The van der Waals surface area contributed by atoms with Crippen LogP contribution < -0.4 is 19.7 Å². The van der Waals surface area contributed by atoms with E-state index in [2.05, 4.69) is 36.7 Å². The lowest BCUT2D eigenvalue weighted by atomic mass is 9.99. The summed E-state index contributed by atoms with van der Waals surface area (Å²) in [7, 11) is 1.49. The molecule has 0 radical (unpaired) electrons. The minimum Gasteiger partial charge on any atom is -0.481 e. The summed E-state index contributed by atoms with van der Waals surface area (Å²) in [6.07, 6.45) is -5.86. The molecule has 9 nitrogen and oxygen atoms in total. The summed E-state index contributed by atoms with van der Waals surface area (Å²) in [6.45, 7) is 3.28. The van der Waals surface area contributed by atoms with Gasteiger partial charge in [-0.2, -0.15) is 31.3 Å². The first-order chi connectivity index (χ1) is 17.0. The third-order valence-corrected chi connectivity index (χ3v) is 5.57. The van der Waals surface area contributed by atoms with Crippen molar-refractivity contribution in [1.29, 1.82) is 0 Å². The van der Waals surface area contributed by atoms with Crippen LogP contribution in [-0.4, -0.2) is 63.6 Å². The molecule has 1 fully saturated rings. The van der Waals surface area contributed by atoms with Gasteiger partial charge in [-0.25, -0.2) is 14.5 Å². The molecule has 0 spiro atoms. The number of ether oxygens (including phenoxy) is 2. The van der Waals surface area contributed by atoms with Gasteiger partial charge in [-0.15, -0.1) is 11.7 Å². The molecule has 0 saturated carbocycles. The summed E-state index contributed by atoms with van der Waals surface area (Å²) in [5, 5.41) is 6.80. The second-order valence-electron chi connectivity index (χ2n) is 7.97. The van der Waals surface area contributed by atoms with Gasteiger partial charge in [0.2, 0.25) is 11.8 Å². The smallest absolute Gasteiger partial charge is 0.433 e. The van der Waals surface area contributed by atoms with Gasteiger partial charge in [0.05, 0.1) is 13.2 Å². The molecular formula is C21H21F6N7O2. The minimum atomic E-state index is -4.83. The monoisotopic (exact) mass is 517 g/mol. The molecule has 2 atom stereocenters. The van der Waals surface area contributed by atoms with E-state index >= 15 is 0 Å². The van der Waals surface area contributed by atoms with Gasteiger partial charge in [-0.05, 0) is 18.6 Å². The first-order valence-corrected chi connectivity index (χ1v) is 10.6. The Morgan fingerprint density at radius 2 is 2.00 bits per heavy atom. The number of aromatic nitrogens is 5. The van der Waals surface area contributed by atoms with Gasteiger partial charge >= 0.3 is 12.4 Å². The molecule has 0 bridgehead atoms. The number of methoxy groups -OCH3 is 1. The standard InChI is InChI=1S/C21H21F6N7O2/c1-3-13(12-6-7-33(9-12)16-8-17(35-2)29-11-28-16)30-19-31-18-14(36-10-20(22,23)24)4-5-15(21(25,26)27)34(18)32-19/h3-5,8,11-13H,1,6-7,9-10H2,2H3,(H,30,32). The highest BCUT2D eigenvalue weighted by atomic mass is 19.4. The van der Waals surface area contributed by atoms with Gasteiger partial charge in [0.15, 0.2) is 18.0 Å². The number of halogens is 6. The Morgan fingerprint density at radius 3 is 2.67 bits per heavy atom. The molecule has 0 aromatic carbocycles. The molecular weight excluding hydrogens is 496 g/mol. The van der Waals surface area contributed by atoms with Crippen LogP contribution in [0.15, 0.2) is 37.2 Å². The average molecular weight is 517 g/mol. The van der Waals surface area contributed by atoms with Gasteiger partial charge < -0.3 is 19.7 Å². The maximum Gasteiger partial charge on any atom is 0.433 e. The van der Waals surface area contributed by atoms with Crippen LogP contribution in [0.3, 0.4) is 0 Å². The van der Waals surface area contributed by atoms with E-state index in [9.17, 15) is 26.3 Å². The summed E-state index contributed by atoms with van der Waals surface area (Å²) in [4.78, 5) is 14.2. The van der Waals surface area contributed by atoms with E-state index in [1.54, 1.807) is 12.1 Å². The summed E-state index contributed by atoms with van der Waals surface area (Å²) in [5.74, 6) is 0.313. The van der Waals surface area contributed by atoms with Crippen molar-refractivity contribution in [2.45, 2.75) is 24.8 Å². The molecule has 2 unspecified atom stereocenters. The Bertz CT molecular complexity index is 1230. The zero-order valence-corrected chi connectivity index (χ0v) is 18.8. The Morgan fingerprint density at radius 1 is 1.22 bits per heavy atom. The highest BCUT2D eigenvalue weighted by Gasteiger charge is 2.36. The van der Waals surface area contributed by atoms with E-state index in [-0.39, 0.29) is 11.9 Å². The number of nitrogens with one attached hydrogen (secondary N) is 1. The number of alkyl halides is 6. The average Bonchev–Trinajstić information content (AvgIpc) is 3.47. The van der Waals surface area contributed by atoms with Crippen molar-refractivity contribution in [2.24, 2.45) is 5.92 Å². The predicted octanol–water partition coefficient (Wildman–Crippen LogP) is 3.98. The summed E-state index contributed by atoms with van der Waals surface area (Å²) in [6, 6.07) is 2.61. The fourth-order valence-corrected chi connectivity index (χ4v) is 3.91. The maximum absolute atomic E-state index is 13.5. The zero-order chi connectivity index (χ0) is 26.1. The lowest BCUT2D eigenvalue weighted by molar-refractivity contribution is -0.153. The molecule has 1 aliphatic rings. The van der Waals surface area contributed by atoms with Gasteiger partial charge in [0, 0.05) is 25.1 Å². The van der Waals surface area contributed by atoms with E-state index in [1.165, 1.54) is 13.4 Å². The van der Waals surface area contributed by atoms with Crippen LogP contribution in [0.2, 0.25) is 0 Å². The lowest BCUT2D eigenvalue weighted by Gasteiger charge is -2.22. The number of fused-ring (bicyclic) bond motifs is 1. The minimum absolute atomic E-state index is 0.0434. The van der Waals surface area contributed by atoms with E-state index < -0.39 is 42.1 Å². The van der Waals surface area contributed by atoms with Crippen LogP contribution in [0, 0.1) is 5.92 Å². The van der Waals surface area contributed by atoms with E-state index in [1.807, 2.05) is 4.90 Å². The first-order valence-electron chi connectivity index (χ1n) is 10.6. The molecule has 15 heteroatoms. The van der Waals surface area contributed by atoms with Crippen molar-refractivity contribution in [2.75, 3.05) is 37.0 Å². The molecule has 194 valence electrons. The van der Waals surface area contributed by atoms with Crippen molar-refractivity contribution in [1.82, 2.24) is 24.6 Å². The first kappa shape index (κ1) is 25.3. The quantitative estimate of drug-likeness (QED) is 0.355. The van der Waals surface area contributed by atoms with Crippen molar-refractivity contribution in [3.05, 3.63) is 42.9 Å². The molecule has 36 heavy (non-hydrogen) atoms. The highest BCUT2D eigenvalue weighted by Crippen LogP contribution is 2.34. The fourth-order valence-electron chi connectivity index (χ4n) is 3.91. The van der Waals surface area contributed by atoms with Gasteiger partial charge in [0.25, 0.3) is 0 Å². The summed E-state index contributed by atoms with van der Waals surface area (Å²) < 4.78 is 88.5. The number of hydrogen-bond donors (Lipinski definition) is 1. The molecule has 0 amide bonds. The number of rotatable bonds is 8. The molecule has 1 aliphatic heterocycles. The van der Waals surface area contributed by atoms with E-state index in [0.29, 0.717) is 41.8 Å². The van der Waals surface area contributed by atoms with Crippen LogP contribution >= 0.6 is 0 Å². The number of anilines is 2. The molecule has 4 heterocycles. The van der Waals surface area contributed by atoms with Crippen molar-refractivity contribution < 1.29 is 35.8 Å². The van der Waals surface area contributed by atoms with Gasteiger partial charge in [-0.3, -0.25) is 0 Å². The molecule has 3 aromatic rings. The van der Waals surface area contributed by atoms with Crippen LogP contribution in [-0.2, 0) is 6.18 Å². The van der Waals surface area contributed by atoms with Crippen molar-refractivity contribution in [3.8, 4) is 11.6 Å². The largest absolute Gasteiger partial charge is 0.481 e. The number of hydrogen-bond acceptors (Lipinski definition) is 8. The predicted molar refractivity (Wildman–Crippen MR) is 116 cm³/mol. The Hall–Kier alpha value is -3.78. The second-order valence-corrected chi connectivity index (χ2v) is 7.97. The Kier molecular flexibility index (Phi) is 6.82. The van der Waals surface area contributed by atoms with Crippen LogP contribution in [0.25, 0.3) is 5.65 Å². The fraction of sp³-hybridized carbons (Fsp3) is 0.429. The zero-order valence-electron chi connectivity index (χ0n) is 18.8. The van der Waals surface area contributed by atoms with Crippen molar-refractivity contribution >= 4 is 17.4 Å². The van der Waals surface area contributed by atoms with Crippen LogP contribution in [0.4, 0.5) is 38.1 Å². The molecule has 0 aliphatic carbocycles. The van der Waals surface area contributed by atoms with Crippen molar-refractivity contribution in [3.63, 3.8) is 0 Å².